The first kappa shape index (κ1) is 7.59. The molecule has 68 valence electrons. The molecule has 0 saturated heterocycles. The fourth-order valence-corrected chi connectivity index (χ4v) is 1.14. The molecule has 0 bridgehead atoms. The lowest BCUT2D eigenvalue weighted by atomic mass is 10.5. The molecule has 2 aromatic heterocycles. The van der Waals surface area contributed by atoms with Crippen molar-refractivity contribution in [1.29, 1.82) is 0 Å². The van der Waals surface area contributed by atoms with Gasteiger partial charge in [0, 0.05) is 7.05 Å². The number of aromatic amines is 1. The van der Waals surface area contributed by atoms with E-state index >= 15 is 0 Å². The van der Waals surface area contributed by atoms with E-state index < -0.39 is 11.2 Å². The Morgan fingerprint density at radius 3 is 2.92 bits per heavy atom. The van der Waals surface area contributed by atoms with Crippen LogP contribution in [0, 0.1) is 0 Å². The second-order valence-electron chi connectivity index (χ2n) is 2.60. The van der Waals surface area contributed by atoms with E-state index in [0.29, 0.717) is 4.73 Å². The summed E-state index contributed by atoms with van der Waals surface area (Å²) in [6.07, 6.45) is 1.34. The number of fused-ring (bicyclic) bond motifs is 1. The lowest BCUT2D eigenvalue weighted by Gasteiger charge is -1.98. The minimum Gasteiger partial charge on any atom is -0.422 e. The number of imidazole rings is 1. The number of hydrogen-bond acceptors (Lipinski definition) is 4. The summed E-state index contributed by atoms with van der Waals surface area (Å²) in [7, 11) is 1.57. The van der Waals surface area contributed by atoms with E-state index in [0.717, 1.165) is 0 Å². The van der Waals surface area contributed by atoms with Crippen LogP contribution in [0.5, 0.6) is 0 Å². The monoisotopic (exact) mass is 182 g/mol. The fraction of sp³-hybridized carbons (Fsp3) is 0.167. The van der Waals surface area contributed by atoms with Gasteiger partial charge in [-0.05, 0) is 0 Å². The summed E-state index contributed by atoms with van der Waals surface area (Å²) < 4.78 is 1.73. The first-order valence-electron chi connectivity index (χ1n) is 3.47. The third-order valence-electron chi connectivity index (χ3n) is 1.73. The standard InChI is InChI=1S/C6H6N4O3/c1-9-2-7-3-4(11)8-6(12)10(13)5(3)9/h2,13H,1H3,(H,8,11,12). The van der Waals surface area contributed by atoms with E-state index in [9.17, 15) is 14.8 Å². The largest absolute Gasteiger partial charge is 0.422 e. The van der Waals surface area contributed by atoms with Crippen molar-refractivity contribution in [1.82, 2.24) is 19.3 Å². The highest BCUT2D eigenvalue weighted by Gasteiger charge is 2.10. The van der Waals surface area contributed by atoms with Crippen molar-refractivity contribution in [3.8, 4) is 0 Å². The second-order valence-corrected chi connectivity index (χ2v) is 2.60. The third-order valence-corrected chi connectivity index (χ3v) is 1.73. The van der Waals surface area contributed by atoms with Crippen LogP contribution < -0.4 is 11.2 Å². The maximum absolute atomic E-state index is 11.1. The summed E-state index contributed by atoms with van der Waals surface area (Å²) >= 11 is 0. The zero-order chi connectivity index (χ0) is 9.59. The summed E-state index contributed by atoms with van der Waals surface area (Å²) in [4.78, 5) is 27.7. The van der Waals surface area contributed by atoms with E-state index in [1.807, 2.05) is 4.98 Å². The quantitative estimate of drug-likeness (QED) is 0.493. The van der Waals surface area contributed by atoms with E-state index in [4.69, 9.17) is 0 Å². The van der Waals surface area contributed by atoms with Gasteiger partial charge in [-0.25, -0.2) is 9.78 Å². The molecule has 7 nitrogen and oxygen atoms in total. The lowest BCUT2D eigenvalue weighted by molar-refractivity contribution is 0.180. The number of nitrogens with zero attached hydrogens (tertiary/aromatic N) is 3. The molecule has 0 aliphatic rings. The Labute approximate surface area is 70.8 Å². The summed E-state index contributed by atoms with van der Waals surface area (Å²) in [5.74, 6) is 0. The molecule has 0 aliphatic heterocycles. The third kappa shape index (κ3) is 0.866. The number of rotatable bonds is 0. The van der Waals surface area contributed by atoms with Crippen LogP contribution in [0.15, 0.2) is 15.9 Å². The first-order valence-corrected chi connectivity index (χ1v) is 3.47. The highest BCUT2D eigenvalue weighted by molar-refractivity contribution is 5.69. The normalized spacial score (nSPS) is 10.8. The zero-order valence-electron chi connectivity index (χ0n) is 6.68. The highest BCUT2D eigenvalue weighted by Crippen LogP contribution is 2.00. The van der Waals surface area contributed by atoms with E-state index in [2.05, 4.69) is 4.98 Å². The molecule has 0 spiro atoms. The first-order chi connectivity index (χ1) is 6.11. The molecule has 2 N–H and O–H groups in total. The molecule has 0 fully saturated rings. The van der Waals surface area contributed by atoms with Gasteiger partial charge >= 0.3 is 5.69 Å². The van der Waals surface area contributed by atoms with Crippen molar-refractivity contribution >= 4 is 11.2 Å². The smallest absolute Gasteiger partial charge is 0.363 e. The van der Waals surface area contributed by atoms with Crippen LogP contribution >= 0.6 is 0 Å². The molecular weight excluding hydrogens is 176 g/mol. The van der Waals surface area contributed by atoms with E-state index in [1.165, 1.54) is 10.9 Å². The molecule has 13 heavy (non-hydrogen) atoms. The SMILES string of the molecule is Cn1cnc2c(=O)[nH]c(=O)n(O)c21. The number of H-pyrrole nitrogens is 1. The van der Waals surface area contributed by atoms with Crippen LogP contribution in [0.3, 0.4) is 0 Å². The van der Waals surface area contributed by atoms with Crippen LogP contribution in [0.25, 0.3) is 11.2 Å². The molecule has 0 radical (unpaired) electrons. The topological polar surface area (TPSA) is 92.9 Å². The predicted molar refractivity (Wildman–Crippen MR) is 42.8 cm³/mol. The van der Waals surface area contributed by atoms with Crippen molar-refractivity contribution in [3.63, 3.8) is 0 Å². The van der Waals surface area contributed by atoms with Crippen LogP contribution in [-0.2, 0) is 7.05 Å². The van der Waals surface area contributed by atoms with Crippen molar-refractivity contribution in [3.05, 3.63) is 27.2 Å². The van der Waals surface area contributed by atoms with Gasteiger partial charge in [-0.1, -0.05) is 0 Å². The lowest BCUT2D eigenvalue weighted by Crippen LogP contribution is -2.29. The van der Waals surface area contributed by atoms with Crippen molar-refractivity contribution < 1.29 is 5.21 Å². The molecule has 2 rings (SSSR count). The Hall–Kier alpha value is -2.05. The summed E-state index contributed by atoms with van der Waals surface area (Å²) in [6, 6.07) is 0. The number of hydrogen-bond donors (Lipinski definition) is 2. The van der Waals surface area contributed by atoms with Crippen molar-refractivity contribution in [2.45, 2.75) is 0 Å². The molecule has 0 atom stereocenters. The average molecular weight is 182 g/mol. The van der Waals surface area contributed by atoms with Crippen LogP contribution in [0.2, 0.25) is 0 Å². The van der Waals surface area contributed by atoms with Gasteiger partial charge in [0.2, 0.25) is 0 Å². The summed E-state index contributed by atoms with van der Waals surface area (Å²) in [5.41, 5.74) is -1.37. The van der Waals surface area contributed by atoms with Crippen LogP contribution in [0.4, 0.5) is 0 Å². The summed E-state index contributed by atoms with van der Waals surface area (Å²) in [6.45, 7) is 0. The Balaban J connectivity index is 3.19. The van der Waals surface area contributed by atoms with Gasteiger partial charge in [0.15, 0.2) is 11.2 Å². The second kappa shape index (κ2) is 2.22. The van der Waals surface area contributed by atoms with Crippen molar-refractivity contribution in [2.24, 2.45) is 7.05 Å². The Kier molecular flexibility index (Phi) is 1.30. The number of aromatic nitrogens is 4. The van der Waals surface area contributed by atoms with Gasteiger partial charge in [0.1, 0.15) is 0 Å². The molecule has 7 heteroatoms. The van der Waals surface area contributed by atoms with Gasteiger partial charge in [-0.3, -0.25) is 9.78 Å². The minimum absolute atomic E-state index is 0.0320. The van der Waals surface area contributed by atoms with Gasteiger partial charge < -0.3 is 9.77 Å². The molecule has 2 heterocycles. The number of aryl methyl sites for hydroxylation is 1. The average Bonchev–Trinajstić information content (AvgIpc) is 2.44. The highest BCUT2D eigenvalue weighted by atomic mass is 16.5. The van der Waals surface area contributed by atoms with Gasteiger partial charge in [0.25, 0.3) is 5.56 Å². The van der Waals surface area contributed by atoms with Crippen molar-refractivity contribution in [2.75, 3.05) is 0 Å². The molecular formula is C6H6N4O3. The fourth-order valence-electron chi connectivity index (χ4n) is 1.14. The maximum atomic E-state index is 11.1. The van der Waals surface area contributed by atoms with E-state index in [-0.39, 0.29) is 11.2 Å². The molecule has 0 aromatic carbocycles. The minimum atomic E-state index is -0.874. The van der Waals surface area contributed by atoms with Gasteiger partial charge in [-0.2, -0.15) is 0 Å². The maximum Gasteiger partial charge on any atom is 0.363 e. The van der Waals surface area contributed by atoms with Crippen LogP contribution in [0.1, 0.15) is 0 Å². The molecule has 0 amide bonds. The molecule has 2 aromatic rings. The zero-order valence-corrected chi connectivity index (χ0v) is 6.68. The van der Waals surface area contributed by atoms with Gasteiger partial charge in [0.05, 0.1) is 6.33 Å². The Morgan fingerprint density at radius 2 is 2.23 bits per heavy atom. The summed E-state index contributed by atoms with van der Waals surface area (Å²) in [5, 5.41) is 9.23. The molecule has 0 saturated carbocycles. The molecule has 0 aliphatic carbocycles. The Morgan fingerprint density at radius 1 is 1.54 bits per heavy atom. The van der Waals surface area contributed by atoms with Crippen LogP contribution in [-0.4, -0.2) is 24.5 Å². The number of nitrogens with one attached hydrogen (secondary N) is 1. The van der Waals surface area contributed by atoms with Gasteiger partial charge in [-0.15, -0.1) is 4.73 Å². The Bertz CT molecular complexity index is 576. The molecule has 0 unspecified atom stereocenters. The van der Waals surface area contributed by atoms with E-state index in [1.54, 1.807) is 7.05 Å². The predicted octanol–water partition coefficient (Wildman–Crippen LogP) is -1.34.